The Morgan fingerprint density at radius 2 is 1.30 bits per heavy atom. The Labute approximate surface area is 193 Å². The lowest BCUT2D eigenvalue weighted by Gasteiger charge is -2.14. The van der Waals surface area contributed by atoms with Gasteiger partial charge in [0.2, 0.25) is 5.75 Å². The molecule has 0 radical (unpaired) electrons. The van der Waals surface area contributed by atoms with Crippen molar-refractivity contribution >= 4 is 27.3 Å². The molecule has 0 aliphatic rings. The Bertz CT molecular complexity index is 1230. The zero-order chi connectivity index (χ0) is 24.2. The number of sulfonamides is 1. The standard InChI is InChI=1S/C24H26N2O6S/c1-15-10-16(2)12-19(11-15)26-33(28,29)20-8-6-18(7-9-20)25-24(27)17-13-21(30-3)23(32-5)22(14-17)31-4/h6-14,26H,1-5H3,(H,25,27). The maximum Gasteiger partial charge on any atom is 0.261 e. The second kappa shape index (κ2) is 9.83. The van der Waals surface area contributed by atoms with Crippen molar-refractivity contribution in [1.82, 2.24) is 0 Å². The fourth-order valence-corrected chi connectivity index (χ4v) is 4.42. The minimum Gasteiger partial charge on any atom is -0.493 e. The first-order valence-electron chi connectivity index (χ1n) is 9.99. The van der Waals surface area contributed by atoms with E-state index in [4.69, 9.17) is 14.2 Å². The van der Waals surface area contributed by atoms with E-state index in [0.717, 1.165) is 11.1 Å². The number of anilines is 2. The third kappa shape index (κ3) is 5.56. The molecule has 0 aromatic heterocycles. The minimum atomic E-state index is -3.78. The smallest absolute Gasteiger partial charge is 0.261 e. The Morgan fingerprint density at radius 3 is 1.79 bits per heavy atom. The van der Waals surface area contributed by atoms with E-state index in [9.17, 15) is 13.2 Å². The largest absolute Gasteiger partial charge is 0.493 e. The molecule has 0 bridgehead atoms. The van der Waals surface area contributed by atoms with Crippen LogP contribution in [0.25, 0.3) is 0 Å². The molecule has 1 amide bonds. The molecule has 9 heteroatoms. The van der Waals surface area contributed by atoms with Gasteiger partial charge in [-0.1, -0.05) is 6.07 Å². The number of ether oxygens (including phenoxy) is 3. The van der Waals surface area contributed by atoms with Gasteiger partial charge in [0.25, 0.3) is 15.9 Å². The van der Waals surface area contributed by atoms with Crippen molar-refractivity contribution in [3.63, 3.8) is 0 Å². The van der Waals surface area contributed by atoms with Crippen molar-refractivity contribution in [2.24, 2.45) is 0 Å². The highest BCUT2D eigenvalue weighted by molar-refractivity contribution is 7.92. The number of aryl methyl sites for hydroxylation is 2. The van der Waals surface area contributed by atoms with Gasteiger partial charge in [0, 0.05) is 16.9 Å². The molecule has 33 heavy (non-hydrogen) atoms. The first-order chi connectivity index (χ1) is 15.7. The number of hydrogen-bond acceptors (Lipinski definition) is 6. The van der Waals surface area contributed by atoms with Crippen molar-refractivity contribution in [2.75, 3.05) is 31.4 Å². The number of carbonyl (C=O) groups is 1. The van der Waals surface area contributed by atoms with Crippen LogP contribution >= 0.6 is 0 Å². The van der Waals surface area contributed by atoms with E-state index in [1.165, 1.54) is 57.7 Å². The van der Waals surface area contributed by atoms with Crippen molar-refractivity contribution in [1.29, 1.82) is 0 Å². The van der Waals surface area contributed by atoms with Crippen molar-refractivity contribution in [3.05, 3.63) is 71.3 Å². The van der Waals surface area contributed by atoms with Gasteiger partial charge in [0.1, 0.15) is 0 Å². The summed E-state index contributed by atoms with van der Waals surface area (Å²) in [4.78, 5) is 12.8. The highest BCUT2D eigenvalue weighted by Crippen LogP contribution is 2.38. The van der Waals surface area contributed by atoms with Crippen LogP contribution < -0.4 is 24.2 Å². The Hall–Kier alpha value is -3.72. The van der Waals surface area contributed by atoms with Gasteiger partial charge in [-0.2, -0.15) is 0 Å². The van der Waals surface area contributed by atoms with E-state index in [1.54, 1.807) is 12.1 Å². The summed E-state index contributed by atoms with van der Waals surface area (Å²) < 4.78 is 43.9. The number of amides is 1. The molecule has 0 atom stereocenters. The summed E-state index contributed by atoms with van der Waals surface area (Å²) >= 11 is 0. The number of benzene rings is 3. The second-order valence-electron chi connectivity index (χ2n) is 7.37. The molecule has 0 spiro atoms. The van der Waals surface area contributed by atoms with Crippen LogP contribution in [0.5, 0.6) is 17.2 Å². The van der Waals surface area contributed by atoms with Gasteiger partial charge < -0.3 is 19.5 Å². The quantitative estimate of drug-likeness (QED) is 0.506. The lowest BCUT2D eigenvalue weighted by molar-refractivity contribution is 0.102. The van der Waals surface area contributed by atoms with Gasteiger partial charge in [0.15, 0.2) is 11.5 Å². The number of nitrogens with one attached hydrogen (secondary N) is 2. The fourth-order valence-electron chi connectivity index (χ4n) is 3.38. The molecule has 3 rings (SSSR count). The fraction of sp³-hybridized carbons (Fsp3) is 0.208. The molecule has 0 unspecified atom stereocenters. The van der Waals surface area contributed by atoms with Gasteiger partial charge in [-0.3, -0.25) is 9.52 Å². The van der Waals surface area contributed by atoms with Crippen LogP contribution in [0.4, 0.5) is 11.4 Å². The molecule has 3 aromatic rings. The summed E-state index contributed by atoms with van der Waals surface area (Å²) in [6.07, 6.45) is 0. The highest BCUT2D eigenvalue weighted by Gasteiger charge is 2.18. The zero-order valence-corrected chi connectivity index (χ0v) is 19.9. The first-order valence-corrected chi connectivity index (χ1v) is 11.5. The molecule has 3 aromatic carbocycles. The molecular weight excluding hydrogens is 444 g/mol. The molecule has 174 valence electrons. The van der Waals surface area contributed by atoms with Crippen LogP contribution in [0.15, 0.2) is 59.5 Å². The highest BCUT2D eigenvalue weighted by atomic mass is 32.2. The normalized spacial score (nSPS) is 10.9. The zero-order valence-electron chi connectivity index (χ0n) is 19.1. The average Bonchev–Trinajstić information content (AvgIpc) is 2.77. The summed E-state index contributed by atoms with van der Waals surface area (Å²) in [7, 11) is 0.622. The molecule has 0 saturated heterocycles. The Balaban J connectivity index is 1.78. The molecule has 0 saturated carbocycles. The monoisotopic (exact) mass is 470 g/mol. The van der Waals surface area contributed by atoms with Crippen molar-refractivity contribution < 1.29 is 27.4 Å². The minimum absolute atomic E-state index is 0.0763. The predicted molar refractivity (Wildman–Crippen MR) is 127 cm³/mol. The Kier molecular flexibility index (Phi) is 7.13. The van der Waals surface area contributed by atoms with Gasteiger partial charge in [0.05, 0.1) is 26.2 Å². The molecule has 0 fully saturated rings. The van der Waals surface area contributed by atoms with Crippen molar-refractivity contribution in [2.45, 2.75) is 18.7 Å². The van der Waals surface area contributed by atoms with Gasteiger partial charge >= 0.3 is 0 Å². The molecular formula is C24H26N2O6S. The van der Waals surface area contributed by atoms with Crippen LogP contribution in [0.3, 0.4) is 0 Å². The van der Waals surface area contributed by atoms with E-state index >= 15 is 0 Å². The van der Waals surface area contributed by atoms with E-state index < -0.39 is 15.9 Å². The van der Waals surface area contributed by atoms with Crippen molar-refractivity contribution in [3.8, 4) is 17.2 Å². The van der Waals surface area contributed by atoms with Crippen LogP contribution in [0, 0.1) is 13.8 Å². The van der Waals surface area contributed by atoms with Gasteiger partial charge in [-0.15, -0.1) is 0 Å². The summed E-state index contributed by atoms with van der Waals surface area (Å²) in [5.41, 5.74) is 3.12. The molecule has 0 aliphatic carbocycles. The molecule has 8 nitrogen and oxygen atoms in total. The van der Waals surface area contributed by atoms with E-state index in [-0.39, 0.29) is 10.5 Å². The first kappa shape index (κ1) is 23.9. The summed E-state index contributed by atoms with van der Waals surface area (Å²) in [6, 6.07) is 14.4. The average molecular weight is 471 g/mol. The van der Waals surface area contributed by atoms with Crippen LogP contribution in [-0.2, 0) is 10.0 Å². The van der Waals surface area contributed by atoms with Gasteiger partial charge in [-0.05, 0) is 73.5 Å². The number of carbonyl (C=O) groups excluding carboxylic acids is 1. The lowest BCUT2D eigenvalue weighted by atomic mass is 10.1. The predicted octanol–water partition coefficient (Wildman–Crippen LogP) is 4.38. The van der Waals surface area contributed by atoms with Crippen LogP contribution in [0.1, 0.15) is 21.5 Å². The van der Waals surface area contributed by atoms with E-state index in [0.29, 0.717) is 28.6 Å². The Morgan fingerprint density at radius 1 is 0.758 bits per heavy atom. The van der Waals surface area contributed by atoms with Gasteiger partial charge in [-0.25, -0.2) is 8.42 Å². The van der Waals surface area contributed by atoms with E-state index in [2.05, 4.69) is 10.0 Å². The number of hydrogen-bond donors (Lipinski definition) is 2. The summed E-state index contributed by atoms with van der Waals surface area (Å²) in [5.74, 6) is 0.655. The summed E-state index contributed by atoms with van der Waals surface area (Å²) in [5, 5.41) is 2.74. The molecule has 0 aliphatic heterocycles. The third-order valence-electron chi connectivity index (χ3n) is 4.82. The van der Waals surface area contributed by atoms with Crippen LogP contribution in [0.2, 0.25) is 0 Å². The topological polar surface area (TPSA) is 103 Å². The van der Waals surface area contributed by atoms with Crippen LogP contribution in [-0.4, -0.2) is 35.7 Å². The lowest BCUT2D eigenvalue weighted by Crippen LogP contribution is -2.14. The third-order valence-corrected chi connectivity index (χ3v) is 6.22. The molecule has 0 heterocycles. The number of methoxy groups -OCH3 is 3. The second-order valence-corrected chi connectivity index (χ2v) is 9.06. The SMILES string of the molecule is COc1cc(C(=O)Nc2ccc(S(=O)(=O)Nc3cc(C)cc(C)c3)cc2)cc(OC)c1OC. The maximum absolute atomic E-state index is 12.7. The van der Waals surface area contributed by atoms with E-state index in [1.807, 2.05) is 19.9 Å². The molecule has 2 N–H and O–H groups in total. The number of rotatable bonds is 8. The maximum atomic E-state index is 12.7. The summed E-state index contributed by atoms with van der Waals surface area (Å²) in [6.45, 7) is 3.80.